The summed E-state index contributed by atoms with van der Waals surface area (Å²) in [7, 11) is 1.46. The Bertz CT molecular complexity index is 732. The van der Waals surface area contributed by atoms with Gasteiger partial charge in [-0.15, -0.1) is 0 Å². The molecular formula is C15H12Cl2N2O3. The van der Waals surface area contributed by atoms with Crippen LogP contribution in [0.2, 0.25) is 10.0 Å². The second kappa shape index (κ2) is 7.15. The molecule has 0 amide bonds. The van der Waals surface area contributed by atoms with Gasteiger partial charge in [-0.25, -0.2) is 4.79 Å². The van der Waals surface area contributed by atoms with Gasteiger partial charge in [0, 0.05) is 10.6 Å². The van der Waals surface area contributed by atoms with Crippen LogP contribution in [0.4, 0.5) is 0 Å². The molecule has 2 rings (SSSR count). The Kier molecular flexibility index (Phi) is 5.25. The average molecular weight is 339 g/mol. The fraction of sp³-hybridized carbons (Fsp3) is 0.0667. The van der Waals surface area contributed by atoms with E-state index in [2.05, 4.69) is 5.16 Å². The van der Waals surface area contributed by atoms with Crippen LogP contribution in [0.5, 0.6) is 5.75 Å². The van der Waals surface area contributed by atoms with Crippen LogP contribution in [0, 0.1) is 0 Å². The molecule has 0 aliphatic heterocycles. The molecule has 22 heavy (non-hydrogen) atoms. The smallest absolute Gasteiger partial charge is 0.369 e. The van der Waals surface area contributed by atoms with Crippen LogP contribution in [0.25, 0.3) is 0 Å². The number of hydrogen-bond acceptors (Lipinski definition) is 4. The van der Waals surface area contributed by atoms with Crippen LogP contribution in [0.3, 0.4) is 0 Å². The molecule has 0 atom stereocenters. The van der Waals surface area contributed by atoms with E-state index in [1.54, 1.807) is 36.4 Å². The van der Waals surface area contributed by atoms with E-state index in [9.17, 15) is 4.79 Å². The number of rotatable bonds is 4. The van der Waals surface area contributed by atoms with Gasteiger partial charge in [-0.1, -0.05) is 40.5 Å². The molecule has 0 radical (unpaired) electrons. The largest absolute Gasteiger partial charge is 0.496 e. The summed E-state index contributed by atoms with van der Waals surface area (Å²) < 4.78 is 5.07. The van der Waals surface area contributed by atoms with Crippen molar-refractivity contribution in [2.45, 2.75) is 0 Å². The van der Waals surface area contributed by atoms with Crippen LogP contribution < -0.4 is 10.5 Å². The first-order valence-electron chi connectivity index (χ1n) is 6.16. The van der Waals surface area contributed by atoms with Gasteiger partial charge in [0.25, 0.3) is 0 Å². The minimum Gasteiger partial charge on any atom is -0.496 e. The lowest BCUT2D eigenvalue weighted by molar-refractivity contribution is 0.0512. The predicted molar refractivity (Wildman–Crippen MR) is 85.6 cm³/mol. The normalized spacial score (nSPS) is 11.1. The van der Waals surface area contributed by atoms with Crippen molar-refractivity contribution in [3.63, 3.8) is 0 Å². The maximum atomic E-state index is 12.0. The third-order valence-corrected chi connectivity index (χ3v) is 3.31. The molecule has 2 N–H and O–H groups in total. The Morgan fingerprint density at radius 1 is 1.14 bits per heavy atom. The Morgan fingerprint density at radius 2 is 1.86 bits per heavy atom. The molecule has 0 heterocycles. The van der Waals surface area contributed by atoms with Crippen LogP contribution in [0.1, 0.15) is 15.9 Å². The molecule has 2 aromatic rings. The summed E-state index contributed by atoms with van der Waals surface area (Å²) in [5.41, 5.74) is 6.41. The van der Waals surface area contributed by atoms with Gasteiger partial charge >= 0.3 is 5.97 Å². The molecular weight excluding hydrogens is 327 g/mol. The van der Waals surface area contributed by atoms with E-state index in [1.807, 2.05) is 0 Å². The molecule has 0 unspecified atom stereocenters. The summed E-state index contributed by atoms with van der Waals surface area (Å²) in [6.07, 6.45) is 0. The zero-order chi connectivity index (χ0) is 16.1. The first kappa shape index (κ1) is 16.1. The summed E-state index contributed by atoms with van der Waals surface area (Å²) in [6, 6.07) is 11.3. The Morgan fingerprint density at radius 3 is 2.55 bits per heavy atom. The minimum absolute atomic E-state index is 0.0371. The standard InChI is InChI=1S/C15H12Cl2N2O3/c1-21-13-5-3-2-4-11(13)15(20)22-19-14(18)10-7-6-9(16)8-12(10)17/h2-8H,1H3,(H2,18,19). The van der Waals surface area contributed by atoms with E-state index in [0.29, 0.717) is 21.4 Å². The molecule has 2 aromatic carbocycles. The number of oxime groups is 1. The van der Waals surface area contributed by atoms with Crippen LogP contribution in [-0.2, 0) is 4.84 Å². The highest BCUT2D eigenvalue weighted by atomic mass is 35.5. The zero-order valence-electron chi connectivity index (χ0n) is 11.5. The van der Waals surface area contributed by atoms with Gasteiger partial charge < -0.3 is 15.3 Å². The van der Waals surface area contributed by atoms with Crippen molar-refractivity contribution < 1.29 is 14.4 Å². The SMILES string of the molecule is COc1ccccc1C(=O)O/N=C(\N)c1ccc(Cl)cc1Cl. The van der Waals surface area contributed by atoms with Gasteiger partial charge in [0.15, 0.2) is 5.84 Å². The number of ether oxygens (including phenoxy) is 1. The number of nitrogens with zero attached hydrogens (tertiary/aromatic N) is 1. The molecule has 0 aromatic heterocycles. The maximum Gasteiger partial charge on any atom is 0.369 e. The summed E-state index contributed by atoms with van der Waals surface area (Å²) in [6.45, 7) is 0. The van der Waals surface area contributed by atoms with Crippen LogP contribution >= 0.6 is 23.2 Å². The molecule has 0 saturated heterocycles. The average Bonchev–Trinajstić information content (AvgIpc) is 2.52. The number of carbonyl (C=O) groups is 1. The first-order valence-corrected chi connectivity index (χ1v) is 6.91. The van der Waals surface area contributed by atoms with Gasteiger partial charge in [-0.2, -0.15) is 0 Å². The highest BCUT2D eigenvalue weighted by Gasteiger charge is 2.14. The highest BCUT2D eigenvalue weighted by molar-refractivity contribution is 6.36. The number of benzene rings is 2. The van der Waals surface area contributed by atoms with Gasteiger partial charge in [0.2, 0.25) is 0 Å². The van der Waals surface area contributed by atoms with Crippen molar-refractivity contribution in [1.82, 2.24) is 0 Å². The van der Waals surface area contributed by atoms with E-state index in [0.717, 1.165) is 0 Å². The fourth-order valence-corrected chi connectivity index (χ4v) is 2.20. The van der Waals surface area contributed by atoms with Crippen molar-refractivity contribution in [3.8, 4) is 5.75 Å². The Balaban J connectivity index is 2.18. The second-order valence-electron chi connectivity index (χ2n) is 4.18. The fourth-order valence-electron chi connectivity index (χ4n) is 1.70. The Hall–Kier alpha value is -2.24. The monoisotopic (exact) mass is 338 g/mol. The maximum absolute atomic E-state index is 12.0. The zero-order valence-corrected chi connectivity index (χ0v) is 13.1. The lowest BCUT2D eigenvalue weighted by Gasteiger charge is -2.06. The topological polar surface area (TPSA) is 73.9 Å². The lowest BCUT2D eigenvalue weighted by atomic mass is 10.2. The number of methoxy groups -OCH3 is 1. The predicted octanol–water partition coefficient (Wildman–Crippen LogP) is 3.48. The molecule has 7 heteroatoms. The van der Waals surface area contributed by atoms with Crippen molar-refractivity contribution in [3.05, 3.63) is 63.6 Å². The van der Waals surface area contributed by atoms with E-state index < -0.39 is 5.97 Å². The third kappa shape index (κ3) is 3.69. The molecule has 0 fully saturated rings. The van der Waals surface area contributed by atoms with Crippen molar-refractivity contribution in [1.29, 1.82) is 0 Å². The van der Waals surface area contributed by atoms with Gasteiger partial charge in [-0.3, -0.25) is 0 Å². The molecule has 0 saturated carbocycles. The molecule has 114 valence electrons. The molecule has 5 nitrogen and oxygen atoms in total. The van der Waals surface area contributed by atoms with E-state index >= 15 is 0 Å². The van der Waals surface area contributed by atoms with Gasteiger partial charge in [0.1, 0.15) is 11.3 Å². The number of para-hydroxylation sites is 1. The Labute approximate surface area is 137 Å². The quantitative estimate of drug-likeness (QED) is 0.401. The van der Waals surface area contributed by atoms with E-state index in [4.69, 9.17) is 38.5 Å². The molecule has 0 bridgehead atoms. The first-order chi connectivity index (χ1) is 10.5. The highest BCUT2D eigenvalue weighted by Crippen LogP contribution is 2.21. The summed E-state index contributed by atoms with van der Waals surface area (Å²) in [5, 5.41) is 4.37. The number of carbonyl (C=O) groups excluding carboxylic acids is 1. The molecule has 0 aliphatic rings. The number of halogens is 2. The van der Waals surface area contributed by atoms with Crippen LogP contribution in [-0.4, -0.2) is 18.9 Å². The van der Waals surface area contributed by atoms with E-state index in [1.165, 1.54) is 13.2 Å². The summed E-state index contributed by atoms with van der Waals surface area (Å²) in [4.78, 5) is 16.8. The number of amidine groups is 1. The lowest BCUT2D eigenvalue weighted by Crippen LogP contribution is -2.16. The molecule has 0 aliphatic carbocycles. The number of nitrogens with two attached hydrogens (primary N) is 1. The van der Waals surface area contributed by atoms with Crippen molar-refractivity contribution in [2.75, 3.05) is 7.11 Å². The van der Waals surface area contributed by atoms with Gasteiger partial charge in [0.05, 0.1) is 12.1 Å². The van der Waals surface area contributed by atoms with Crippen molar-refractivity contribution in [2.24, 2.45) is 10.9 Å². The summed E-state index contributed by atoms with van der Waals surface area (Å²) in [5.74, 6) is -0.346. The molecule has 0 spiro atoms. The van der Waals surface area contributed by atoms with E-state index in [-0.39, 0.29) is 11.4 Å². The minimum atomic E-state index is -0.689. The summed E-state index contributed by atoms with van der Waals surface area (Å²) >= 11 is 11.8. The van der Waals surface area contributed by atoms with Gasteiger partial charge in [-0.05, 0) is 30.3 Å². The van der Waals surface area contributed by atoms with Crippen LogP contribution in [0.15, 0.2) is 47.6 Å². The van der Waals surface area contributed by atoms with Crippen molar-refractivity contribution >= 4 is 35.0 Å². The second-order valence-corrected chi connectivity index (χ2v) is 5.02. The third-order valence-electron chi connectivity index (χ3n) is 2.76. The number of hydrogen-bond donors (Lipinski definition) is 1.